The number of nitrogens with zero attached hydrogens (tertiary/aromatic N) is 6. The van der Waals surface area contributed by atoms with E-state index in [2.05, 4.69) is 25.1 Å². The molecule has 11 nitrogen and oxygen atoms in total. The van der Waals surface area contributed by atoms with Crippen molar-refractivity contribution in [2.45, 2.75) is 12.5 Å². The number of fused-ring (bicyclic) bond motifs is 3. The molecule has 2 aromatic heterocycles. The van der Waals surface area contributed by atoms with Gasteiger partial charge in [-0.2, -0.15) is 0 Å². The van der Waals surface area contributed by atoms with Crippen LogP contribution in [0.4, 0.5) is 22.4 Å². The summed E-state index contributed by atoms with van der Waals surface area (Å²) in [5, 5.41) is 10.9. The molecule has 5 rings (SSSR count). The van der Waals surface area contributed by atoms with Gasteiger partial charge in [0.15, 0.2) is 5.82 Å². The summed E-state index contributed by atoms with van der Waals surface area (Å²) in [6.07, 6.45) is 2.73. The van der Waals surface area contributed by atoms with Crippen molar-refractivity contribution in [3.8, 4) is 11.4 Å². The van der Waals surface area contributed by atoms with Crippen LogP contribution in [-0.2, 0) is 15.9 Å². The van der Waals surface area contributed by atoms with Crippen LogP contribution >= 0.6 is 0 Å². The van der Waals surface area contributed by atoms with Crippen molar-refractivity contribution in [2.75, 3.05) is 61.2 Å². The van der Waals surface area contributed by atoms with Crippen molar-refractivity contribution >= 4 is 23.7 Å². The summed E-state index contributed by atoms with van der Waals surface area (Å²) in [4.78, 5) is 33.1. The number of carbonyl (C=O) groups is 1. The smallest absolute Gasteiger partial charge is 0.411 e. The third kappa shape index (κ3) is 3.42. The lowest BCUT2D eigenvalue weighted by Gasteiger charge is -2.31. The predicted octanol–water partition coefficient (Wildman–Crippen LogP) is 0.621. The van der Waals surface area contributed by atoms with Crippen molar-refractivity contribution < 1.29 is 19.4 Å². The van der Waals surface area contributed by atoms with Gasteiger partial charge in [-0.1, -0.05) is 0 Å². The highest BCUT2D eigenvalue weighted by molar-refractivity contribution is 5.80. The molecule has 3 aliphatic heterocycles. The monoisotopic (exact) mass is 399 g/mol. The topological polar surface area (TPSA) is 126 Å². The molecular weight excluding hydrogens is 378 g/mol. The van der Waals surface area contributed by atoms with Gasteiger partial charge in [0.1, 0.15) is 11.6 Å². The maximum Gasteiger partial charge on any atom is 0.411 e. The fourth-order valence-corrected chi connectivity index (χ4v) is 3.99. The van der Waals surface area contributed by atoms with Crippen LogP contribution in [0, 0.1) is 0 Å². The third-order valence-corrected chi connectivity index (χ3v) is 5.34. The number of amides is 1. The molecule has 11 heteroatoms. The van der Waals surface area contributed by atoms with E-state index in [1.165, 1.54) is 12.4 Å². The van der Waals surface area contributed by atoms with Crippen LogP contribution in [-0.4, -0.2) is 83.2 Å². The Morgan fingerprint density at radius 1 is 1.07 bits per heavy atom. The number of aromatic nitrogens is 4. The summed E-state index contributed by atoms with van der Waals surface area (Å²) in [6, 6.07) is 0.279. The quantitative estimate of drug-likeness (QED) is 0.758. The van der Waals surface area contributed by atoms with Crippen molar-refractivity contribution in [1.29, 1.82) is 0 Å². The van der Waals surface area contributed by atoms with Gasteiger partial charge in [0, 0.05) is 44.0 Å². The number of nitrogens with one attached hydrogen (secondary N) is 1. The Bertz CT molecular complexity index is 917. The van der Waals surface area contributed by atoms with Gasteiger partial charge in [0.2, 0.25) is 5.95 Å². The lowest BCUT2D eigenvalue weighted by Crippen LogP contribution is -2.43. The summed E-state index contributed by atoms with van der Waals surface area (Å²) >= 11 is 0. The Kier molecular flexibility index (Phi) is 4.60. The largest absolute Gasteiger partial charge is 0.465 e. The zero-order valence-corrected chi connectivity index (χ0v) is 15.7. The normalized spacial score (nSPS) is 20.9. The molecule has 1 amide bonds. The van der Waals surface area contributed by atoms with Crippen LogP contribution in [0.2, 0.25) is 0 Å². The number of rotatable bonds is 3. The van der Waals surface area contributed by atoms with E-state index < -0.39 is 6.09 Å². The lowest BCUT2D eigenvalue weighted by molar-refractivity contribution is 0.0973. The Morgan fingerprint density at radius 3 is 2.55 bits per heavy atom. The average Bonchev–Trinajstić information content (AvgIpc) is 3.12. The molecule has 2 aromatic rings. The summed E-state index contributed by atoms with van der Waals surface area (Å²) in [5.74, 6) is 2.41. The van der Waals surface area contributed by atoms with Crippen molar-refractivity contribution in [1.82, 2.24) is 19.9 Å². The number of anilines is 3. The van der Waals surface area contributed by atoms with Gasteiger partial charge in [0.05, 0.1) is 38.0 Å². The highest BCUT2D eigenvalue weighted by Crippen LogP contribution is 2.39. The van der Waals surface area contributed by atoms with Crippen molar-refractivity contribution in [3.05, 3.63) is 18.0 Å². The second-order valence-electron chi connectivity index (χ2n) is 7.12. The second-order valence-corrected chi connectivity index (χ2v) is 7.12. The van der Waals surface area contributed by atoms with E-state index in [0.29, 0.717) is 37.8 Å². The first kappa shape index (κ1) is 18.0. The second kappa shape index (κ2) is 7.41. The molecule has 2 fully saturated rings. The summed E-state index contributed by atoms with van der Waals surface area (Å²) in [7, 11) is 0. The Labute approximate surface area is 166 Å². The first-order chi connectivity index (χ1) is 14.2. The van der Waals surface area contributed by atoms with Crippen LogP contribution in [0.3, 0.4) is 0 Å². The average molecular weight is 399 g/mol. The minimum atomic E-state index is -1.21. The number of hydrogen-bond acceptors (Lipinski definition) is 9. The summed E-state index contributed by atoms with van der Waals surface area (Å²) in [5.41, 5.74) is 1.78. The SMILES string of the molecule is O=C(O)Nc1ncc(-c2nc(N3CCOCC3)c3c(n2)N2CCOC[C@H]2C3)cn1. The number of carboxylic acid groups (broad SMARTS) is 1. The lowest BCUT2D eigenvalue weighted by atomic mass is 10.1. The maximum absolute atomic E-state index is 10.8. The van der Waals surface area contributed by atoms with E-state index >= 15 is 0 Å². The first-order valence-electron chi connectivity index (χ1n) is 9.59. The minimum absolute atomic E-state index is 0.0176. The molecule has 29 heavy (non-hydrogen) atoms. The molecule has 0 unspecified atom stereocenters. The van der Waals surface area contributed by atoms with Gasteiger partial charge in [-0.05, 0) is 0 Å². The van der Waals surface area contributed by atoms with Gasteiger partial charge in [-0.15, -0.1) is 0 Å². The molecule has 0 aromatic carbocycles. The van der Waals surface area contributed by atoms with E-state index in [9.17, 15) is 4.79 Å². The standard InChI is InChI=1S/C18H21N7O4/c26-18(27)23-17-19-8-11(9-20-17)14-21-15(24-1-4-28-5-2-24)13-7-12-10-29-6-3-25(12)16(13)22-14/h8-9,12H,1-7,10H2,(H,26,27)(H,19,20,23)/t12-/m1/s1. The van der Waals surface area contributed by atoms with Gasteiger partial charge in [0.25, 0.3) is 0 Å². The van der Waals surface area contributed by atoms with E-state index in [-0.39, 0.29) is 12.0 Å². The molecule has 152 valence electrons. The number of ether oxygens (including phenoxy) is 2. The van der Waals surface area contributed by atoms with Gasteiger partial charge >= 0.3 is 6.09 Å². The van der Waals surface area contributed by atoms with Crippen LogP contribution in [0.1, 0.15) is 5.56 Å². The Hall–Kier alpha value is -3.05. The van der Waals surface area contributed by atoms with E-state index in [1.807, 2.05) is 0 Å². The van der Waals surface area contributed by atoms with E-state index in [1.54, 1.807) is 0 Å². The zero-order valence-electron chi connectivity index (χ0n) is 15.7. The van der Waals surface area contributed by atoms with Crippen LogP contribution < -0.4 is 15.1 Å². The molecule has 1 atom stereocenters. The van der Waals surface area contributed by atoms with Crippen LogP contribution in [0.25, 0.3) is 11.4 Å². The van der Waals surface area contributed by atoms with Crippen LogP contribution in [0.5, 0.6) is 0 Å². The minimum Gasteiger partial charge on any atom is -0.465 e. The molecule has 0 saturated carbocycles. The zero-order chi connectivity index (χ0) is 19.8. The molecule has 5 heterocycles. The highest BCUT2D eigenvalue weighted by atomic mass is 16.5. The Balaban J connectivity index is 1.55. The molecule has 0 radical (unpaired) electrons. The number of morpholine rings is 2. The molecule has 0 bridgehead atoms. The summed E-state index contributed by atoms with van der Waals surface area (Å²) in [6.45, 7) is 5.07. The molecule has 0 aliphatic carbocycles. The van der Waals surface area contributed by atoms with Crippen LogP contribution in [0.15, 0.2) is 12.4 Å². The number of hydrogen-bond donors (Lipinski definition) is 2. The fourth-order valence-electron chi connectivity index (χ4n) is 3.99. The van der Waals surface area contributed by atoms with E-state index in [0.717, 1.165) is 43.3 Å². The predicted molar refractivity (Wildman–Crippen MR) is 103 cm³/mol. The highest BCUT2D eigenvalue weighted by Gasteiger charge is 2.37. The molecular formula is C18H21N7O4. The van der Waals surface area contributed by atoms with Crippen molar-refractivity contribution in [3.63, 3.8) is 0 Å². The Morgan fingerprint density at radius 2 is 1.79 bits per heavy atom. The first-order valence-corrected chi connectivity index (χ1v) is 9.59. The maximum atomic E-state index is 10.8. The summed E-state index contributed by atoms with van der Waals surface area (Å²) < 4.78 is 11.2. The fraction of sp³-hybridized carbons (Fsp3) is 0.500. The molecule has 2 N–H and O–H groups in total. The van der Waals surface area contributed by atoms with Crippen molar-refractivity contribution in [2.24, 2.45) is 0 Å². The molecule has 0 spiro atoms. The van der Waals surface area contributed by atoms with Gasteiger partial charge < -0.3 is 24.4 Å². The van der Waals surface area contributed by atoms with Gasteiger partial charge in [-0.3, -0.25) is 5.32 Å². The third-order valence-electron chi connectivity index (χ3n) is 5.34. The van der Waals surface area contributed by atoms with E-state index in [4.69, 9.17) is 24.5 Å². The molecule has 2 saturated heterocycles. The van der Waals surface area contributed by atoms with Gasteiger partial charge in [-0.25, -0.2) is 24.7 Å². The molecule has 3 aliphatic rings.